The number of para-hydroxylation sites is 1. The Bertz CT molecular complexity index is 1760. The van der Waals surface area contributed by atoms with E-state index in [9.17, 15) is 0 Å². The smallest absolute Gasteiger partial charge is 0.0809 e. The lowest BCUT2D eigenvalue weighted by Crippen LogP contribution is -2.23. The van der Waals surface area contributed by atoms with Gasteiger partial charge in [0.05, 0.1) is 6.04 Å². The predicted molar refractivity (Wildman–Crippen MR) is 181 cm³/mol. The van der Waals surface area contributed by atoms with Crippen molar-refractivity contribution in [3.8, 4) is 0 Å². The van der Waals surface area contributed by atoms with Gasteiger partial charge in [0, 0.05) is 12.2 Å². The van der Waals surface area contributed by atoms with Crippen LogP contribution >= 0.6 is 0 Å². The monoisotopic (exact) mass is 551 g/mol. The van der Waals surface area contributed by atoms with Gasteiger partial charge in [0.25, 0.3) is 0 Å². The second-order valence-electron chi connectivity index (χ2n) is 10.9. The molecule has 1 atom stereocenters. The van der Waals surface area contributed by atoms with Gasteiger partial charge in [-0.1, -0.05) is 170 Å². The highest BCUT2D eigenvalue weighted by molar-refractivity contribution is 5.95. The highest BCUT2D eigenvalue weighted by atomic mass is 15.2. The van der Waals surface area contributed by atoms with Crippen molar-refractivity contribution in [3.05, 3.63) is 221 Å². The molecule has 1 fully saturated rings. The Labute approximate surface area is 254 Å². The minimum atomic E-state index is 0.0106. The van der Waals surface area contributed by atoms with Crippen LogP contribution in [0.4, 0.5) is 5.69 Å². The fraction of sp³-hybridized carbons (Fsp3) is 0.0476. The molecule has 43 heavy (non-hydrogen) atoms. The summed E-state index contributed by atoms with van der Waals surface area (Å²) in [6, 6.07) is 65.5. The van der Waals surface area contributed by atoms with Gasteiger partial charge in [-0.05, 0) is 62.2 Å². The number of nitrogens with zero attached hydrogens (tertiary/aromatic N) is 1. The van der Waals surface area contributed by atoms with Crippen molar-refractivity contribution in [2.45, 2.75) is 6.04 Å². The molecular weight excluding hydrogens is 518 g/mol. The summed E-state index contributed by atoms with van der Waals surface area (Å²) in [7, 11) is 0. The van der Waals surface area contributed by atoms with Crippen LogP contribution in [0.5, 0.6) is 0 Å². The zero-order chi connectivity index (χ0) is 28.8. The fourth-order valence-corrected chi connectivity index (χ4v) is 6.42. The third-order valence-corrected chi connectivity index (χ3v) is 8.26. The molecule has 206 valence electrons. The first kappa shape index (κ1) is 26.5. The van der Waals surface area contributed by atoms with E-state index < -0.39 is 0 Å². The maximum Gasteiger partial charge on any atom is 0.0809 e. The van der Waals surface area contributed by atoms with E-state index in [4.69, 9.17) is 0 Å². The van der Waals surface area contributed by atoms with Crippen LogP contribution < -0.4 is 4.90 Å². The molecule has 1 saturated heterocycles. The van der Waals surface area contributed by atoms with Crippen LogP contribution in [-0.4, -0.2) is 6.54 Å². The number of hydrogen-bond donors (Lipinski definition) is 0. The topological polar surface area (TPSA) is 3.24 Å². The quantitative estimate of drug-likeness (QED) is 0.199. The average molecular weight is 552 g/mol. The van der Waals surface area contributed by atoms with Crippen molar-refractivity contribution in [2.24, 2.45) is 0 Å². The number of rotatable bonds is 6. The normalized spacial score (nSPS) is 14.5. The predicted octanol–water partition coefficient (Wildman–Crippen LogP) is 10.3. The van der Waals surface area contributed by atoms with Crippen LogP contribution in [-0.2, 0) is 0 Å². The molecule has 1 aliphatic heterocycles. The van der Waals surface area contributed by atoms with E-state index in [-0.39, 0.29) is 6.04 Å². The molecule has 1 nitrogen and oxygen atoms in total. The molecule has 0 spiro atoms. The second kappa shape index (κ2) is 12.2. The van der Waals surface area contributed by atoms with Crippen molar-refractivity contribution < 1.29 is 0 Å². The van der Waals surface area contributed by atoms with Crippen molar-refractivity contribution in [1.82, 2.24) is 0 Å². The first-order valence-corrected chi connectivity index (χ1v) is 14.9. The van der Waals surface area contributed by atoms with Crippen LogP contribution in [0.25, 0.3) is 11.1 Å². The van der Waals surface area contributed by atoms with Crippen LogP contribution in [0.15, 0.2) is 193 Å². The summed E-state index contributed by atoms with van der Waals surface area (Å²) in [4.78, 5) is 2.58. The summed E-state index contributed by atoms with van der Waals surface area (Å²) < 4.78 is 0. The molecule has 1 heteroatoms. The van der Waals surface area contributed by atoms with Gasteiger partial charge in [0.15, 0.2) is 0 Å². The Morgan fingerprint density at radius 1 is 0.395 bits per heavy atom. The molecular formula is C42H33N. The summed E-state index contributed by atoms with van der Waals surface area (Å²) in [5.74, 6) is 0. The standard InChI is InChI=1S/C42H33N/c1-7-19-32(20-8-1)39(33-21-9-2-10-22-33)38-31-43(37-29-17-6-18-30-37)42(36-27-15-5-16-28-36)41(38)40(34-23-11-3-12-24-34)35-25-13-4-14-26-35/h1-30,42H,31H2. The van der Waals surface area contributed by atoms with Crippen LogP contribution in [0.1, 0.15) is 33.9 Å². The van der Waals surface area contributed by atoms with Gasteiger partial charge in [0.2, 0.25) is 0 Å². The molecule has 1 heterocycles. The van der Waals surface area contributed by atoms with E-state index in [0.717, 1.165) is 6.54 Å². The molecule has 0 radical (unpaired) electrons. The zero-order valence-electron chi connectivity index (χ0n) is 24.1. The van der Waals surface area contributed by atoms with Crippen molar-refractivity contribution in [1.29, 1.82) is 0 Å². The van der Waals surface area contributed by atoms with Crippen molar-refractivity contribution in [2.75, 3.05) is 11.4 Å². The molecule has 0 bridgehead atoms. The van der Waals surface area contributed by atoms with Crippen molar-refractivity contribution >= 4 is 16.8 Å². The van der Waals surface area contributed by atoms with Crippen molar-refractivity contribution in [3.63, 3.8) is 0 Å². The van der Waals surface area contributed by atoms with Crippen LogP contribution in [0.2, 0.25) is 0 Å². The summed E-state index contributed by atoms with van der Waals surface area (Å²) >= 11 is 0. The molecule has 6 aromatic rings. The number of hydrogen-bond acceptors (Lipinski definition) is 1. The molecule has 1 unspecified atom stereocenters. The van der Waals surface area contributed by atoms with Crippen LogP contribution in [0, 0.1) is 0 Å². The molecule has 0 amide bonds. The minimum absolute atomic E-state index is 0.0106. The zero-order valence-corrected chi connectivity index (χ0v) is 24.1. The summed E-state index contributed by atoms with van der Waals surface area (Å²) in [6.07, 6.45) is 0. The first-order chi connectivity index (χ1) is 21.4. The van der Waals surface area contributed by atoms with Gasteiger partial charge in [0.1, 0.15) is 0 Å². The Morgan fingerprint density at radius 3 is 1.16 bits per heavy atom. The molecule has 0 saturated carbocycles. The maximum atomic E-state index is 2.58. The highest BCUT2D eigenvalue weighted by Gasteiger charge is 2.39. The van der Waals surface area contributed by atoms with E-state index in [0.29, 0.717) is 0 Å². The van der Waals surface area contributed by atoms with Crippen LogP contribution in [0.3, 0.4) is 0 Å². The maximum absolute atomic E-state index is 2.58. The van der Waals surface area contributed by atoms with Gasteiger partial charge in [-0.25, -0.2) is 0 Å². The SMILES string of the molecule is c1ccc(C(=C2CN(c3ccccc3)C(c3ccccc3)C2=C(c2ccccc2)c2ccccc2)c2ccccc2)cc1. The molecule has 0 N–H and O–H groups in total. The van der Waals surface area contributed by atoms with Gasteiger partial charge in [-0.3, -0.25) is 0 Å². The minimum Gasteiger partial charge on any atom is -0.356 e. The molecule has 6 aromatic carbocycles. The van der Waals surface area contributed by atoms with E-state index in [1.54, 1.807) is 0 Å². The number of anilines is 1. The van der Waals surface area contributed by atoms with Gasteiger partial charge < -0.3 is 4.90 Å². The third kappa shape index (κ3) is 5.34. The Morgan fingerprint density at radius 2 is 0.744 bits per heavy atom. The van der Waals surface area contributed by atoms with Gasteiger partial charge in [-0.2, -0.15) is 0 Å². The summed E-state index contributed by atoms with van der Waals surface area (Å²) in [5.41, 5.74) is 12.6. The van der Waals surface area contributed by atoms with Gasteiger partial charge in [-0.15, -0.1) is 0 Å². The van der Waals surface area contributed by atoms with E-state index in [1.807, 2.05) is 0 Å². The lowest BCUT2D eigenvalue weighted by Gasteiger charge is -2.29. The molecule has 7 rings (SSSR count). The molecule has 1 aliphatic rings. The van der Waals surface area contributed by atoms with E-state index >= 15 is 0 Å². The van der Waals surface area contributed by atoms with E-state index in [2.05, 4.69) is 187 Å². The van der Waals surface area contributed by atoms with Gasteiger partial charge >= 0.3 is 0 Å². The Kier molecular flexibility index (Phi) is 7.53. The lowest BCUT2D eigenvalue weighted by atomic mass is 9.82. The highest BCUT2D eigenvalue weighted by Crippen LogP contribution is 2.50. The fourth-order valence-electron chi connectivity index (χ4n) is 6.42. The Balaban J connectivity index is 1.66. The third-order valence-electron chi connectivity index (χ3n) is 8.26. The largest absolute Gasteiger partial charge is 0.356 e. The first-order valence-electron chi connectivity index (χ1n) is 14.9. The second-order valence-corrected chi connectivity index (χ2v) is 10.9. The van der Waals surface area contributed by atoms with E-state index in [1.165, 1.54) is 55.8 Å². The molecule has 0 aliphatic carbocycles. The average Bonchev–Trinajstić information content (AvgIpc) is 3.47. The lowest BCUT2D eigenvalue weighted by molar-refractivity contribution is 0.810. The summed E-state index contributed by atoms with van der Waals surface area (Å²) in [6.45, 7) is 0.779. The number of benzene rings is 6. The summed E-state index contributed by atoms with van der Waals surface area (Å²) in [5, 5.41) is 0. The Hall–Kier alpha value is -5.40. The molecule has 0 aromatic heterocycles.